The maximum absolute atomic E-state index is 13.9. The lowest BCUT2D eigenvalue weighted by atomic mass is 9.77. The maximum Gasteiger partial charge on any atom is 0.282 e. The van der Waals surface area contributed by atoms with Crippen LogP contribution in [-0.4, -0.2) is 33.9 Å². The van der Waals surface area contributed by atoms with E-state index in [2.05, 4.69) is 62.2 Å². The van der Waals surface area contributed by atoms with Crippen LogP contribution in [0.5, 0.6) is 0 Å². The predicted octanol–water partition coefficient (Wildman–Crippen LogP) is 4.68. The fourth-order valence-electron chi connectivity index (χ4n) is 5.62. The molecule has 6 rings (SSSR count). The van der Waals surface area contributed by atoms with Crippen LogP contribution in [-0.2, 0) is 4.79 Å². The van der Waals surface area contributed by atoms with Gasteiger partial charge in [0.1, 0.15) is 17.6 Å². The first kappa shape index (κ1) is 19.0. The molecule has 4 aliphatic heterocycles. The lowest BCUT2D eigenvalue weighted by molar-refractivity contribution is -0.122. The number of nitrogens with zero attached hydrogens (tertiary/aromatic N) is 4. The van der Waals surface area contributed by atoms with Gasteiger partial charge in [-0.15, -0.1) is 0 Å². The second kappa shape index (κ2) is 6.39. The minimum Gasteiger partial charge on any atom is -0.310 e. The van der Waals surface area contributed by atoms with Crippen molar-refractivity contribution >= 4 is 29.2 Å². The van der Waals surface area contributed by atoms with E-state index in [1.54, 1.807) is 0 Å². The van der Waals surface area contributed by atoms with Gasteiger partial charge in [-0.1, -0.05) is 54.1 Å². The molecule has 1 spiro atoms. The number of hydrazone groups is 1. The largest absolute Gasteiger partial charge is 0.310 e. The van der Waals surface area contributed by atoms with Crippen molar-refractivity contribution in [3.05, 3.63) is 94.2 Å². The highest BCUT2D eigenvalue weighted by Crippen LogP contribution is 2.47. The summed E-state index contributed by atoms with van der Waals surface area (Å²) in [7, 11) is 0. The minimum absolute atomic E-state index is 0.165. The number of hydrogen-bond acceptors (Lipinski definition) is 4. The standard InChI is InChI=1S/C27H24N4O/c1-16-14-18(3)23(19(4)15-16)24-27(26(32)28-25-17(2)8-7-13-30(25)27)22-12-11-20-9-5-6-10-21(20)31(22)29-24/h5-15,22H,1-4H3. The molecule has 4 aliphatic rings. The molecule has 4 heterocycles. The summed E-state index contributed by atoms with van der Waals surface area (Å²) in [5, 5.41) is 7.20. The molecule has 2 atom stereocenters. The summed E-state index contributed by atoms with van der Waals surface area (Å²) in [5.74, 6) is 0.545. The van der Waals surface area contributed by atoms with Crippen molar-refractivity contribution in [3.8, 4) is 0 Å². The molecular formula is C27H24N4O. The number of carbonyl (C=O) groups excluding carboxylic acids is 1. The summed E-state index contributed by atoms with van der Waals surface area (Å²) in [6, 6.07) is 12.2. The minimum atomic E-state index is -1.05. The summed E-state index contributed by atoms with van der Waals surface area (Å²) in [5.41, 5.74) is 7.27. The molecule has 0 aromatic heterocycles. The van der Waals surface area contributed by atoms with Gasteiger partial charge in [0.05, 0.1) is 5.69 Å². The fraction of sp³-hybridized carbons (Fsp3) is 0.222. The number of para-hydroxylation sites is 1. The van der Waals surface area contributed by atoms with Gasteiger partial charge >= 0.3 is 0 Å². The monoisotopic (exact) mass is 420 g/mol. The number of rotatable bonds is 1. The van der Waals surface area contributed by atoms with E-state index in [9.17, 15) is 4.79 Å². The van der Waals surface area contributed by atoms with Crippen LogP contribution >= 0.6 is 0 Å². The third-order valence-electron chi connectivity index (χ3n) is 6.89. The number of aryl methyl sites for hydroxylation is 3. The van der Waals surface area contributed by atoms with Crippen LogP contribution in [0.2, 0.25) is 0 Å². The van der Waals surface area contributed by atoms with E-state index in [0.717, 1.165) is 39.2 Å². The van der Waals surface area contributed by atoms with Gasteiger partial charge in [-0.2, -0.15) is 10.1 Å². The van der Waals surface area contributed by atoms with E-state index in [-0.39, 0.29) is 11.9 Å². The topological polar surface area (TPSA) is 48.3 Å². The number of hydrogen-bond donors (Lipinski definition) is 0. The fourth-order valence-corrected chi connectivity index (χ4v) is 5.62. The van der Waals surface area contributed by atoms with Crippen molar-refractivity contribution in [1.29, 1.82) is 0 Å². The van der Waals surface area contributed by atoms with Crippen LogP contribution in [0.3, 0.4) is 0 Å². The lowest BCUT2D eigenvalue weighted by Gasteiger charge is -2.41. The lowest BCUT2D eigenvalue weighted by Crippen LogP contribution is -2.63. The zero-order valence-corrected chi connectivity index (χ0v) is 18.6. The first-order chi connectivity index (χ1) is 15.4. The molecule has 0 bridgehead atoms. The molecule has 1 amide bonds. The number of anilines is 1. The smallest absolute Gasteiger partial charge is 0.282 e. The highest BCUT2D eigenvalue weighted by Gasteiger charge is 2.64. The first-order valence-electron chi connectivity index (χ1n) is 10.9. The predicted molar refractivity (Wildman–Crippen MR) is 129 cm³/mol. The van der Waals surface area contributed by atoms with Crippen molar-refractivity contribution in [1.82, 2.24) is 4.90 Å². The van der Waals surface area contributed by atoms with Crippen molar-refractivity contribution in [2.45, 2.75) is 39.3 Å². The molecule has 5 heteroatoms. The number of amidine groups is 1. The maximum atomic E-state index is 13.9. The van der Waals surface area contributed by atoms with Gasteiger partial charge in [0.25, 0.3) is 5.91 Å². The Morgan fingerprint density at radius 1 is 1.03 bits per heavy atom. The zero-order valence-electron chi connectivity index (χ0n) is 18.6. The molecule has 2 unspecified atom stereocenters. The molecule has 0 aliphatic carbocycles. The van der Waals surface area contributed by atoms with Crippen molar-refractivity contribution in [2.24, 2.45) is 10.1 Å². The van der Waals surface area contributed by atoms with Crippen molar-refractivity contribution in [3.63, 3.8) is 0 Å². The molecule has 0 saturated carbocycles. The molecule has 158 valence electrons. The Balaban J connectivity index is 1.65. The molecule has 2 aromatic rings. The highest BCUT2D eigenvalue weighted by atomic mass is 16.2. The Bertz CT molecular complexity index is 1340. The Hall–Kier alpha value is -3.73. The number of aliphatic imine (C=N–C) groups is 1. The highest BCUT2D eigenvalue weighted by molar-refractivity contribution is 6.32. The van der Waals surface area contributed by atoms with E-state index in [0.29, 0.717) is 5.84 Å². The first-order valence-corrected chi connectivity index (χ1v) is 10.9. The van der Waals surface area contributed by atoms with Gasteiger partial charge in [-0.05, 0) is 62.1 Å². The Morgan fingerprint density at radius 3 is 2.56 bits per heavy atom. The second-order valence-corrected chi connectivity index (χ2v) is 9.00. The number of allylic oxidation sites excluding steroid dienone is 2. The molecular weight excluding hydrogens is 396 g/mol. The van der Waals surface area contributed by atoms with E-state index in [4.69, 9.17) is 5.10 Å². The van der Waals surface area contributed by atoms with Gasteiger partial charge in [-0.3, -0.25) is 9.80 Å². The Morgan fingerprint density at radius 2 is 1.78 bits per heavy atom. The Labute approximate surface area is 187 Å². The van der Waals surface area contributed by atoms with E-state index in [1.165, 1.54) is 5.56 Å². The van der Waals surface area contributed by atoms with Crippen LogP contribution in [0.25, 0.3) is 6.08 Å². The van der Waals surface area contributed by atoms with Crippen molar-refractivity contribution < 1.29 is 4.79 Å². The number of carbonyl (C=O) groups is 1. The zero-order chi connectivity index (χ0) is 22.2. The molecule has 0 N–H and O–H groups in total. The quantitative estimate of drug-likeness (QED) is 0.673. The van der Waals surface area contributed by atoms with Gasteiger partial charge in [0.15, 0.2) is 5.54 Å². The third-order valence-corrected chi connectivity index (χ3v) is 6.89. The van der Waals surface area contributed by atoms with Crippen LogP contribution in [0.15, 0.2) is 76.5 Å². The summed E-state index contributed by atoms with van der Waals surface area (Å²) >= 11 is 0. The molecule has 0 fully saturated rings. The molecule has 5 nitrogen and oxygen atoms in total. The summed E-state index contributed by atoms with van der Waals surface area (Å²) in [6.07, 6.45) is 10.2. The van der Waals surface area contributed by atoms with Gasteiger partial charge < -0.3 is 4.90 Å². The third kappa shape index (κ3) is 2.25. The summed E-state index contributed by atoms with van der Waals surface area (Å²) in [4.78, 5) is 20.5. The van der Waals surface area contributed by atoms with Crippen LogP contribution in [0.1, 0.15) is 34.7 Å². The number of benzene rings is 2. The van der Waals surface area contributed by atoms with E-state index >= 15 is 0 Å². The van der Waals surface area contributed by atoms with Crippen LogP contribution < -0.4 is 5.01 Å². The molecule has 0 saturated heterocycles. The van der Waals surface area contributed by atoms with Gasteiger partial charge in [-0.25, -0.2) is 0 Å². The van der Waals surface area contributed by atoms with Crippen LogP contribution in [0.4, 0.5) is 5.69 Å². The molecule has 2 aromatic carbocycles. The van der Waals surface area contributed by atoms with Crippen molar-refractivity contribution in [2.75, 3.05) is 5.01 Å². The molecule has 0 radical (unpaired) electrons. The number of fused-ring (bicyclic) bond motifs is 6. The Kier molecular flexibility index (Phi) is 3.79. The summed E-state index contributed by atoms with van der Waals surface area (Å²) < 4.78 is 0. The average molecular weight is 421 g/mol. The van der Waals surface area contributed by atoms with Crippen LogP contribution in [0, 0.1) is 20.8 Å². The van der Waals surface area contributed by atoms with E-state index in [1.807, 2.05) is 47.3 Å². The van der Waals surface area contributed by atoms with Gasteiger partial charge in [0.2, 0.25) is 0 Å². The van der Waals surface area contributed by atoms with E-state index < -0.39 is 5.54 Å². The normalized spacial score (nSPS) is 24.9. The molecule has 32 heavy (non-hydrogen) atoms. The average Bonchev–Trinajstić information content (AvgIpc) is 3.25. The number of amides is 1. The second-order valence-electron chi connectivity index (χ2n) is 9.00. The van der Waals surface area contributed by atoms with Gasteiger partial charge in [0, 0.05) is 11.8 Å². The summed E-state index contributed by atoms with van der Waals surface area (Å²) in [6.45, 7) is 8.30. The SMILES string of the molecule is CC1=CC=CN2C1=NC(=O)C21C(c2c(C)cc(C)cc2C)=NN2c3ccccc3C=CC21.